The Balaban J connectivity index is 2.39. The first kappa shape index (κ1) is 13.6. The number of sulfonamides is 1. The third kappa shape index (κ3) is 2.97. The molecule has 0 aliphatic carbocycles. The fourth-order valence-electron chi connectivity index (χ4n) is 1.46. The van der Waals surface area contributed by atoms with Crippen molar-refractivity contribution in [3.63, 3.8) is 0 Å². The molecule has 2 aromatic carbocycles. The van der Waals surface area contributed by atoms with Crippen molar-refractivity contribution in [3.8, 4) is 0 Å². The van der Waals surface area contributed by atoms with E-state index in [2.05, 4.69) is 4.72 Å². The van der Waals surface area contributed by atoms with Gasteiger partial charge in [-0.15, -0.1) is 0 Å². The first-order chi connectivity index (χ1) is 8.90. The Labute approximate surface area is 115 Å². The average Bonchev–Trinajstić information content (AvgIpc) is 2.35. The van der Waals surface area contributed by atoms with Crippen LogP contribution in [0.5, 0.6) is 0 Å². The Morgan fingerprint density at radius 3 is 2.32 bits per heavy atom. The van der Waals surface area contributed by atoms with Crippen LogP contribution < -0.4 is 10.5 Å². The minimum Gasteiger partial charge on any atom is -0.397 e. The number of hydrogen-bond donors (Lipinski definition) is 2. The van der Waals surface area contributed by atoms with Crippen molar-refractivity contribution >= 4 is 33.0 Å². The van der Waals surface area contributed by atoms with Gasteiger partial charge in [0.2, 0.25) is 0 Å². The van der Waals surface area contributed by atoms with Gasteiger partial charge in [0.05, 0.1) is 21.3 Å². The van der Waals surface area contributed by atoms with Gasteiger partial charge in [0.1, 0.15) is 5.82 Å². The van der Waals surface area contributed by atoms with Crippen LogP contribution >= 0.6 is 11.6 Å². The summed E-state index contributed by atoms with van der Waals surface area (Å²) in [6.45, 7) is 0. The Morgan fingerprint density at radius 1 is 1.11 bits per heavy atom. The highest BCUT2D eigenvalue weighted by Gasteiger charge is 2.17. The molecule has 0 fully saturated rings. The van der Waals surface area contributed by atoms with Crippen LogP contribution in [0.1, 0.15) is 0 Å². The maximum Gasteiger partial charge on any atom is 0.262 e. The van der Waals surface area contributed by atoms with E-state index in [1.165, 1.54) is 12.1 Å². The van der Waals surface area contributed by atoms with E-state index in [9.17, 15) is 12.8 Å². The molecule has 7 heteroatoms. The molecule has 0 bridgehead atoms. The Morgan fingerprint density at radius 2 is 1.74 bits per heavy atom. The van der Waals surface area contributed by atoms with E-state index in [1.807, 2.05) is 0 Å². The lowest BCUT2D eigenvalue weighted by atomic mass is 10.3. The second kappa shape index (κ2) is 5.07. The monoisotopic (exact) mass is 300 g/mol. The zero-order valence-corrected chi connectivity index (χ0v) is 11.2. The third-order valence-electron chi connectivity index (χ3n) is 2.41. The summed E-state index contributed by atoms with van der Waals surface area (Å²) in [5, 5.41) is 0.186. The molecule has 0 heterocycles. The van der Waals surface area contributed by atoms with Crippen LogP contribution in [0.4, 0.5) is 15.8 Å². The number of para-hydroxylation sites is 1. The van der Waals surface area contributed by atoms with Crippen molar-refractivity contribution in [2.45, 2.75) is 4.90 Å². The highest BCUT2D eigenvalue weighted by Crippen LogP contribution is 2.30. The predicted molar refractivity (Wildman–Crippen MR) is 73.1 cm³/mol. The molecule has 0 aliphatic heterocycles. The SMILES string of the molecule is Nc1cccc(Cl)c1NS(=O)(=O)c1ccc(F)cc1. The van der Waals surface area contributed by atoms with Crippen LogP contribution in [0.25, 0.3) is 0 Å². The van der Waals surface area contributed by atoms with Crippen molar-refractivity contribution in [1.82, 2.24) is 0 Å². The highest BCUT2D eigenvalue weighted by atomic mass is 35.5. The molecular formula is C12H10ClFN2O2S. The molecule has 100 valence electrons. The molecule has 0 amide bonds. The van der Waals surface area contributed by atoms with E-state index in [-0.39, 0.29) is 21.3 Å². The van der Waals surface area contributed by atoms with Gasteiger partial charge < -0.3 is 5.73 Å². The Bertz CT molecular complexity index is 682. The van der Waals surface area contributed by atoms with Crippen molar-refractivity contribution in [2.75, 3.05) is 10.5 Å². The van der Waals surface area contributed by atoms with E-state index >= 15 is 0 Å². The standard InChI is InChI=1S/C12H10ClFN2O2S/c13-10-2-1-3-11(15)12(10)16-19(17,18)9-6-4-8(14)5-7-9/h1-7,16H,15H2. The number of hydrogen-bond acceptors (Lipinski definition) is 3. The minimum absolute atomic E-state index is 0.0757. The molecule has 0 atom stereocenters. The van der Waals surface area contributed by atoms with E-state index in [4.69, 9.17) is 17.3 Å². The molecule has 0 radical (unpaired) electrons. The van der Waals surface area contributed by atoms with Gasteiger partial charge in [0, 0.05) is 0 Å². The Kier molecular flexibility index (Phi) is 3.64. The van der Waals surface area contributed by atoms with Crippen LogP contribution in [0, 0.1) is 5.82 Å². The first-order valence-corrected chi connectivity index (χ1v) is 7.08. The second-order valence-corrected chi connectivity index (χ2v) is 5.85. The van der Waals surface area contributed by atoms with Gasteiger partial charge in [0.25, 0.3) is 10.0 Å². The zero-order valence-electron chi connectivity index (χ0n) is 9.60. The topological polar surface area (TPSA) is 72.2 Å². The lowest BCUT2D eigenvalue weighted by molar-refractivity contribution is 0.599. The normalized spacial score (nSPS) is 11.3. The number of nitrogens with two attached hydrogens (primary N) is 1. The molecule has 0 saturated heterocycles. The van der Waals surface area contributed by atoms with Crippen LogP contribution in [0.15, 0.2) is 47.4 Å². The molecule has 0 aromatic heterocycles. The maximum absolute atomic E-state index is 12.8. The quantitative estimate of drug-likeness (QED) is 0.856. The van der Waals surface area contributed by atoms with E-state index in [1.54, 1.807) is 6.07 Å². The molecule has 0 spiro atoms. The fourth-order valence-corrected chi connectivity index (χ4v) is 2.85. The van der Waals surface area contributed by atoms with Crippen LogP contribution in [0.2, 0.25) is 5.02 Å². The zero-order chi connectivity index (χ0) is 14.0. The van der Waals surface area contributed by atoms with E-state index < -0.39 is 15.8 Å². The van der Waals surface area contributed by atoms with Crippen LogP contribution in [-0.4, -0.2) is 8.42 Å². The molecule has 0 saturated carbocycles. The molecule has 3 N–H and O–H groups in total. The van der Waals surface area contributed by atoms with Gasteiger partial charge in [0.15, 0.2) is 0 Å². The van der Waals surface area contributed by atoms with Crippen LogP contribution in [0.3, 0.4) is 0 Å². The minimum atomic E-state index is -3.86. The number of nitrogens with one attached hydrogen (secondary N) is 1. The molecule has 2 aromatic rings. The van der Waals surface area contributed by atoms with Gasteiger partial charge in [-0.25, -0.2) is 12.8 Å². The number of nitrogen functional groups attached to an aromatic ring is 1. The van der Waals surface area contributed by atoms with Crippen LogP contribution in [-0.2, 0) is 10.0 Å². The largest absolute Gasteiger partial charge is 0.397 e. The third-order valence-corrected chi connectivity index (χ3v) is 4.09. The van der Waals surface area contributed by atoms with Gasteiger partial charge in [-0.3, -0.25) is 4.72 Å². The summed E-state index contributed by atoms with van der Waals surface area (Å²) in [5.41, 5.74) is 5.97. The summed E-state index contributed by atoms with van der Waals surface area (Å²) in [6, 6.07) is 9.08. The predicted octanol–water partition coefficient (Wildman–Crippen LogP) is 2.86. The smallest absolute Gasteiger partial charge is 0.262 e. The lowest BCUT2D eigenvalue weighted by Crippen LogP contribution is -2.14. The van der Waals surface area contributed by atoms with Gasteiger partial charge in [-0.05, 0) is 36.4 Å². The van der Waals surface area contributed by atoms with E-state index in [0.717, 1.165) is 24.3 Å². The summed E-state index contributed by atoms with van der Waals surface area (Å²) in [6.07, 6.45) is 0. The number of rotatable bonds is 3. The maximum atomic E-state index is 12.8. The molecule has 0 aliphatic rings. The summed E-state index contributed by atoms with van der Waals surface area (Å²) in [7, 11) is -3.86. The first-order valence-electron chi connectivity index (χ1n) is 5.22. The van der Waals surface area contributed by atoms with Gasteiger partial charge in [-0.2, -0.15) is 0 Å². The number of benzene rings is 2. The van der Waals surface area contributed by atoms with Gasteiger partial charge in [-0.1, -0.05) is 17.7 Å². The van der Waals surface area contributed by atoms with Crippen molar-refractivity contribution in [2.24, 2.45) is 0 Å². The number of halogens is 2. The molecule has 4 nitrogen and oxygen atoms in total. The Hall–Kier alpha value is -1.79. The molecule has 0 unspecified atom stereocenters. The fraction of sp³-hybridized carbons (Fsp3) is 0. The van der Waals surface area contributed by atoms with Crippen molar-refractivity contribution in [1.29, 1.82) is 0 Å². The second-order valence-electron chi connectivity index (χ2n) is 3.76. The van der Waals surface area contributed by atoms with E-state index in [0.29, 0.717) is 0 Å². The van der Waals surface area contributed by atoms with Gasteiger partial charge >= 0.3 is 0 Å². The average molecular weight is 301 g/mol. The summed E-state index contributed by atoms with van der Waals surface area (Å²) in [5.74, 6) is -0.517. The van der Waals surface area contributed by atoms with Crippen molar-refractivity contribution in [3.05, 3.63) is 53.3 Å². The lowest BCUT2D eigenvalue weighted by Gasteiger charge is -2.11. The summed E-state index contributed by atoms with van der Waals surface area (Å²) >= 11 is 5.88. The molecule has 19 heavy (non-hydrogen) atoms. The molecule has 2 rings (SSSR count). The summed E-state index contributed by atoms with van der Waals surface area (Å²) < 4.78 is 39.2. The van der Waals surface area contributed by atoms with Crippen molar-refractivity contribution < 1.29 is 12.8 Å². The highest BCUT2D eigenvalue weighted by molar-refractivity contribution is 7.92. The molecular weight excluding hydrogens is 291 g/mol. The number of anilines is 2. The summed E-state index contributed by atoms with van der Waals surface area (Å²) in [4.78, 5) is -0.0757.